The van der Waals surface area contributed by atoms with Crippen molar-refractivity contribution in [3.05, 3.63) is 46.5 Å². The van der Waals surface area contributed by atoms with Gasteiger partial charge < -0.3 is 5.32 Å². The van der Waals surface area contributed by atoms with E-state index in [4.69, 9.17) is 0 Å². The van der Waals surface area contributed by atoms with Gasteiger partial charge in [-0.15, -0.1) is 0 Å². The van der Waals surface area contributed by atoms with Gasteiger partial charge in [-0.3, -0.25) is 4.98 Å². The molecule has 3 aromatic heterocycles. The molecule has 96 valence electrons. The zero-order valence-corrected chi connectivity index (χ0v) is 11.3. The normalized spacial score (nSPS) is 18.7. The molecule has 0 aromatic carbocycles. The number of fused-ring (bicyclic) bond motifs is 3. The lowest BCUT2D eigenvalue weighted by atomic mass is 10.0. The van der Waals surface area contributed by atoms with E-state index in [0.29, 0.717) is 0 Å². The van der Waals surface area contributed by atoms with Crippen molar-refractivity contribution in [2.45, 2.75) is 19.4 Å². The number of thiazole rings is 1. The number of pyridine rings is 1. The van der Waals surface area contributed by atoms with Crippen LogP contribution in [0.4, 0.5) is 0 Å². The topological polar surface area (TPSA) is 55.1 Å². The van der Waals surface area contributed by atoms with Crippen LogP contribution >= 0.6 is 11.3 Å². The largest absolute Gasteiger partial charge is 0.305 e. The van der Waals surface area contributed by atoms with Gasteiger partial charge in [-0.05, 0) is 24.6 Å². The van der Waals surface area contributed by atoms with E-state index in [1.165, 1.54) is 16.1 Å². The molecule has 0 fully saturated rings. The van der Waals surface area contributed by atoms with Crippen molar-refractivity contribution in [1.29, 1.82) is 0 Å². The summed E-state index contributed by atoms with van der Waals surface area (Å²) in [5, 5.41) is 8.06. The highest BCUT2D eigenvalue weighted by atomic mass is 32.1. The van der Waals surface area contributed by atoms with Crippen molar-refractivity contribution in [3.8, 4) is 0 Å². The maximum Gasteiger partial charge on any atom is 0.212 e. The van der Waals surface area contributed by atoms with Crippen LogP contribution in [0.2, 0.25) is 0 Å². The lowest BCUT2D eigenvalue weighted by molar-refractivity contribution is 0.561. The minimum absolute atomic E-state index is 0.237. The fourth-order valence-electron chi connectivity index (χ4n) is 2.61. The van der Waals surface area contributed by atoms with Crippen molar-refractivity contribution in [2.24, 2.45) is 0 Å². The molecular formula is C13H13N5S. The molecule has 0 saturated carbocycles. The lowest BCUT2D eigenvalue weighted by Crippen LogP contribution is -2.30. The molecular weight excluding hydrogens is 258 g/mol. The molecule has 5 nitrogen and oxygen atoms in total. The van der Waals surface area contributed by atoms with Gasteiger partial charge in [0.1, 0.15) is 5.82 Å². The monoisotopic (exact) mass is 271 g/mol. The smallest absolute Gasteiger partial charge is 0.212 e. The maximum absolute atomic E-state index is 4.49. The first-order valence-electron chi connectivity index (χ1n) is 6.31. The number of aryl methyl sites for hydroxylation is 1. The van der Waals surface area contributed by atoms with Crippen LogP contribution in [0.5, 0.6) is 0 Å². The fraction of sp³-hybridized carbons (Fsp3) is 0.308. The standard InChI is InChI=1S/C13H13N5S/c1-8-16-13-18(17-8)10-4-7-15-11(12(10)19-13)9-2-5-14-6-3-9/h2-3,5-6,11,15H,4,7H2,1H3. The second kappa shape index (κ2) is 4.11. The number of nitrogens with zero attached hydrogens (tertiary/aromatic N) is 4. The molecule has 1 unspecified atom stereocenters. The van der Waals surface area contributed by atoms with E-state index in [1.807, 2.05) is 23.8 Å². The van der Waals surface area contributed by atoms with E-state index in [-0.39, 0.29) is 6.04 Å². The van der Waals surface area contributed by atoms with Gasteiger partial charge in [0.2, 0.25) is 4.96 Å². The number of rotatable bonds is 1. The summed E-state index contributed by atoms with van der Waals surface area (Å²) in [6.07, 6.45) is 4.68. The van der Waals surface area contributed by atoms with Gasteiger partial charge in [-0.25, -0.2) is 9.50 Å². The highest BCUT2D eigenvalue weighted by Crippen LogP contribution is 2.34. The van der Waals surface area contributed by atoms with E-state index in [9.17, 15) is 0 Å². The highest BCUT2D eigenvalue weighted by Gasteiger charge is 2.27. The minimum atomic E-state index is 0.237. The summed E-state index contributed by atoms with van der Waals surface area (Å²) < 4.78 is 2.00. The summed E-state index contributed by atoms with van der Waals surface area (Å²) in [7, 11) is 0. The van der Waals surface area contributed by atoms with Crippen molar-refractivity contribution in [2.75, 3.05) is 6.54 Å². The first-order valence-corrected chi connectivity index (χ1v) is 7.13. The van der Waals surface area contributed by atoms with Crippen molar-refractivity contribution in [3.63, 3.8) is 0 Å². The Hall–Kier alpha value is -1.79. The quantitative estimate of drug-likeness (QED) is 0.732. The third-order valence-electron chi connectivity index (χ3n) is 3.44. The SMILES string of the molecule is Cc1nc2sc3c(n2n1)CCNC3c1ccncc1. The van der Waals surface area contributed by atoms with E-state index >= 15 is 0 Å². The Morgan fingerprint density at radius 3 is 3.05 bits per heavy atom. The van der Waals surface area contributed by atoms with Gasteiger partial charge in [-0.2, -0.15) is 5.10 Å². The maximum atomic E-state index is 4.49. The predicted octanol–water partition coefficient (Wildman–Crippen LogP) is 1.73. The first kappa shape index (κ1) is 11.1. The van der Waals surface area contributed by atoms with Gasteiger partial charge in [0.05, 0.1) is 16.6 Å². The summed E-state index contributed by atoms with van der Waals surface area (Å²) in [5.41, 5.74) is 2.54. The molecule has 6 heteroatoms. The number of aromatic nitrogens is 4. The molecule has 0 bridgehead atoms. The van der Waals surface area contributed by atoms with Crippen LogP contribution in [0.15, 0.2) is 24.5 Å². The second-order valence-corrected chi connectivity index (χ2v) is 5.69. The van der Waals surface area contributed by atoms with Gasteiger partial charge >= 0.3 is 0 Å². The van der Waals surface area contributed by atoms with Gasteiger partial charge in [0, 0.05) is 25.4 Å². The number of nitrogens with one attached hydrogen (secondary N) is 1. The minimum Gasteiger partial charge on any atom is -0.305 e. The number of hydrogen-bond donors (Lipinski definition) is 1. The van der Waals surface area contributed by atoms with Crippen LogP contribution in [-0.4, -0.2) is 26.1 Å². The third-order valence-corrected chi connectivity index (χ3v) is 4.57. The molecule has 3 aromatic rings. The second-order valence-electron chi connectivity index (χ2n) is 4.68. The Morgan fingerprint density at radius 2 is 2.21 bits per heavy atom. The average Bonchev–Trinajstić information content (AvgIpc) is 2.95. The number of hydrogen-bond acceptors (Lipinski definition) is 5. The molecule has 1 atom stereocenters. The van der Waals surface area contributed by atoms with Crippen LogP contribution in [0.1, 0.15) is 28.0 Å². The molecule has 0 aliphatic carbocycles. The summed E-state index contributed by atoms with van der Waals surface area (Å²) in [6.45, 7) is 2.90. The van der Waals surface area contributed by atoms with Crippen LogP contribution in [-0.2, 0) is 6.42 Å². The Morgan fingerprint density at radius 1 is 1.37 bits per heavy atom. The zero-order chi connectivity index (χ0) is 12.8. The van der Waals surface area contributed by atoms with Crippen LogP contribution < -0.4 is 5.32 Å². The highest BCUT2D eigenvalue weighted by molar-refractivity contribution is 7.17. The predicted molar refractivity (Wildman–Crippen MR) is 73.4 cm³/mol. The summed E-state index contributed by atoms with van der Waals surface area (Å²) in [5.74, 6) is 0.841. The van der Waals surface area contributed by atoms with E-state index in [1.54, 1.807) is 11.3 Å². The van der Waals surface area contributed by atoms with Crippen molar-refractivity contribution >= 4 is 16.3 Å². The molecule has 4 heterocycles. The fourth-order valence-corrected chi connectivity index (χ4v) is 3.86. The van der Waals surface area contributed by atoms with Crippen molar-refractivity contribution < 1.29 is 0 Å². The molecule has 1 aliphatic heterocycles. The third kappa shape index (κ3) is 1.67. The average molecular weight is 271 g/mol. The van der Waals surface area contributed by atoms with E-state index in [2.05, 4.69) is 32.5 Å². The Kier molecular flexibility index (Phi) is 2.39. The van der Waals surface area contributed by atoms with E-state index < -0.39 is 0 Å². The molecule has 0 spiro atoms. The molecule has 0 saturated heterocycles. The Bertz CT molecular complexity index is 730. The summed E-state index contributed by atoms with van der Waals surface area (Å²) in [6, 6.07) is 4.36. The van der Waals surface area contributed by atoms with Crippen LogP contribution in [0, 0.1) is 6.92 Å². The Labute approximate surface area is 114 Å². The summed E-state index contributed by atoms with van der Waals surface area (Å²) >= 11 is 1.73. The van der Waals surface area contributed by atoms with Gasteiger partial charge in [0.15, 0.2) is 0 Å². The van der Waals surface area contributed by atoms with Crippen molar-refractivity contribution in [1.82, 2.24) is 24.9 Å². The molecule has 4 rings (SSSR count). The molecule has 1 aliphatic rings. The first-order chi connectivity index (χ1) is 9.33. The summed E-state index contributed by atoms with van der Waals surface area (Å²) in [4.78, 5) is 10.9. The van der Waals surface area contributed by atoms with E-state index in [0.717, 1.165) is 23.8 Å². The molecule has 1 N–H and O–H groups in total. The van der Waals surface area contributed by atoms with Gasteiger partial charge in [0.25, 0.3) is 0 Å². The molecule has 19 heavy (non-hydrogen) atoms. The molecule has 0 amide bonds. The molecule has 0 radical (unpaired) electrons. The zero-order valence-electron chi connectivity index (χ0n) is 10.5. The van der Waals surface area contributed by atoms with Gasteiger partial charge in [-0.1, -0.05) is 11.3 Å². The van der Waals surface area contributed by atoms with Crippen LogP contribution in [0.3, 0.4) is 0 Å². The lowest BCUT2D eigenvalue weighted by Gasteiger charge is -2.23. The Balaban J connectivity index is 1.89. The van der Waals surface area contributed by atoms with Crippen LogP contribution in [0.25, 0.3) is 4.96 Å².